The van der Waals surface area contributed by atoms with Crippen molar-refractivity contribution < 1.29 is 44.9 Å². The Labute approximate surface area is 189 Å². The standard InChI is InChI=1S/C24H17F7O3/c1-12-10-32-23(33-11-12)17-7-6-16(20(27)21(17)28)13-2-4-14(5-3-13)24(30,31)34-15-8-18(25)22(29)19(26)9-15/h2-9,12,23H,10-11H2,1H3. The van der Waals surface area contributed by atoms with Gasteiger partial charge in [-0.25, -0.2) is 22.0 Å². The van der Waals surface area contributed by atoms with E-state index in [1.54, 1.807) is 0 Å². The highest BCUT2D eigenvalue weighted by atomic mass is 19.3. The molecule has 34 heavy (non-hydrogen) atoms. The number of rotatable bonds is 5. The van der Waals surface area contributed by atoms with Crippen LogP contribution in [0.2, 0.25) is 0 Å². The summed E-state index contributed by atoms with van der Waals surface area (Å²) in [6.07, 6.45) is -5.12. The number of halogens is 7. The first-order chi connectivity index (χ1) is 16.1. The Kier molecular flexibility index (Phi) is 6.55. The molecule has 10 heteroatoms. The molecule has 3 nitrogen and oxygen atoms in total. The van der Waals surface area contributed by atoms with Crippen molar-refractivity contribution in [2.75, 3.05) is 13.2 Å². The molecule has 4 rings (SSSR count). The minimum absolute atomic E-state index is 0.0838. The fraction of sp³-hybridized carbons (Fsp3) is 0.250. The summed E-state index contributed by atoms with van der Waals surface area (Å²) in [7, 11) is 0. The van der Waals surface area contributed by atoms with E-state index in [1.807, 2.05) is 6.92 Å². The second-order valence-electron chi connectivity index (χ2n) is 7.83. The van der Waals surface area contributed by atoms with Crippen LogP contribution in [0.4, 0.5) is 30.7 Å². The van der Waals surface area contributed by atoms with Gasteiger partial charge in [-0.2, -0.15) is 8.78 Å². The van der Waals surface area contributed by atoms with Gasteiger partial charge in [-0.3, -0.25) is 0 Å². The Morgan fingerprint density at radius 3 is 1.97 bits per heavy atom. The van der Waals surface area contributed by atoms with E-state index in [0.717, 1.165) is 24.3 Å². The van der Waals surface area contributed by atoms with E-state index in [-0.39, 0.29) is 34.7 Å². The Bertz CT molecular complexity index is 1170. The van der Waals surface area contributed by atoms with Crippen molar-refractivity contribution in [3.63, 3.8) is 0 Å². The van der Waals surface area contributed by atoms with Crippen molar-refractivity contribution in [1.29, 1.82) is 0 Å². The van der Waals surface area contributed by atoms with Crippen LogP contribution in [0.1, 0.15) is 24.3 Å². The van der Waals surface area contributed by atoms with Crippen LogP contribution in [-0.4, -0.2) is 13.2 Å². The summed E-state index contributed by atoms with van der Waals surface area (Å²) >= 11 is 0. The van der Waals surface area contributed by atoms with Gasteiger partial charge in [-0.1, -0.05) is 31.2 Å². The second-order valence-corrected chi connectivity index (χ2v) is 7.83. The first-order valence-corrected chi connectivity index (χ1v) is 10.1. The first kappa shape index (κ1) is 24.0. The topological polar surface area (TPSA) is 27.7 Å². The number of alkyl halides is 2. The normalized spacial score (nSPS) is 18.7. The van der Waals surface area contributed by atoms with Gasteiger partial charge in [0.1, 0.15) is 5.75 Å². The fourth-order valence-corrected chi connectivity index (χ4v) is 3.39. The van der Waals surface area contributed by atoms with E-state index in [9.17, 15) is 30.7 Å². The monoisotopic (exact) mass is 486 g/mol. The molecule has 1 aliphatic rings. The molecule has 0 saturated carbocycles. The molecule has 3 aromatic rings. The van der Waals surface area contributed by atoms with Gasteiger partial charge in [0.15, 0.2) is 35.4 Å². The smallest absolute Gasteiger partial charge is 0.426 e. The van der Waals surface area contributed by atoms with Gasteiger partial charge in [0.2, 0.25) is 0 Å². The molecule has 1 fully saturated rings. The summed E-state index contributed by atoms with van der Waals surface area (Å²) in [5.41, 5.74) is -0.968. The zero-order valence-corrected chi connectivity index (χ0v) is 17.6. The van der Waals surface area contributed by atoms with Gasteiger partial charge in [0.05, 0.1) is 18.8 Å². The second kappa shape index (κ2) is 9.27. The fourth-order valence-electron chi connectivity index (χ4n) is 3.39. The lowest BCUT2D eigenvalue weighted by atomic mass is 10.0. The maximum Gasteiger partial charge on any atom is 0.426 e. The van der Waals surface area contributed by atoms with E-state index < -0.39 is 52.8 Å². The van der Waals surface area contributed by atoms with Gasteiger partial charge in [-0.15, -0.1) is 0 Å². The molecule has 0 bridgehead atoms. The number of hydrogen-bond donors (Lipinski definition) is 0. The first-order valence-electron chi connectivity index (χ1n) is 10.1. The van der Waals surface area contributed by atoms with Gasteiger partial charge in [0, 0.05) is 29.2 Å². The zero-order chi connectivity index (χ0) is 24.6. The average Bonchev–Trinajstić information content (AvgIpc) is 2.80. The van der Waals surface area contributed by atoms with Crippen molar-refractivity contribution in [1.82, 2.24) is 0 Å². The van der Waals surface area contributed by atoms with Gasteiger partial charge in [0.25, 0.3) is 0 Å². The van der Waals surface area contributed by atoms with Crippen molar-refractivity contribution in [3.8, 4) is 16.9 Å². The summed E-state index contributed by atoms with van der Waals surface area (Å²) in [4.78, 5) is 0. The van der Waals surface area contributed by atoms with Crippen LogP contribution < -0.4 is 4.74 Å². The Morgan fingerprint density at radius 1 is 0.794 bits per heavy atom. The summed E-state index contributed by atoms with van der Waals surface area (Å²) in [6.45, 7) is 2.52. The molecule has 1 saturated heterocycles. The SMILES string of the molecule is CC1COC(c2ccc(-c3ccc(C(F)(F)Oc4cc(F)c(F)c(F)c4)cc3)c(F)c2F)OC1. The summed E-state index contributed by atoms with van der Waals surface area (Å²) in [5, 5.41) is 0. The highest BCUT2D eigenvalue weighted by Crippen LogP contribution is 2.36. The van der Waals surface area contributed by atoms with E-state index >= 15 is 0 Å². The van der Waals surface area contributed by atoms with Crippen LogP contribution in [0.25, 0.3) is 11.1 Å². The van der Waals surface area contributed by atoms with E-state index in [0.29, 0.717) is 13.2 Å². The van der Waals surface area contributed by atoms with Gasteiger partial charge >= 0.3 is 6.11 Å². The van der Waals surface area contributed by atoms with Crippen molar-refractivity contribution in [3.05, 3.63) is 88.7 Å². The highest BCUT2D eigenvalue weighted by molar-refractivity contribution is 5.65. The van der Waals surface area contributed by atoms with Crippen LogP contribution in [0.3, 0.4) is 0 Å². The molecule has 0 amide bonds. The lowest BCUT2D eigenvalue weighted by Gasteiger charge is -2.28. The third kappa shape index (κ3) is 4.74. The summed E-state index contributed by atoms with van der Waals surface area (Å²) < 4.78 is 113. The molecule has 0 N–H and O–H groups in total. The van der Waals surface area contributed by atoms with Gasteiger partial charge < -0.3 is 14.2 Å². The van der Waals surface area contributed by atoms with E-state index in [4.69, 9.17) is 9.47 Å². The molecular formula is C24H17F7O3. The van der Waals surface area contributed by atoms with Crippen LogP contribution in [0.5, 0.6) is 5.75 Å². The third-order valence-corrected chi connectivity index (χ3v) is 5.17. The highest BCUT2D eigenvalue weighted by Gasteiger charge is 2.35. The predicted molar refractivity (Wildman–Crippen MR) is 106 cm³/mol. The predicted octanol–water partition coefficient (Wildman–Crippen LogP) is 6.86. The van der Waals surface area contributed by atoms with E-state index in [1.165, 1.54) is 12.1 Å². The van der Waals surface area contributed by atoms with Crippen LogP contribution in [0.15, 0.2) is 48.5 Å². The number of hydrogen-bond acceptors (Lipinski definition) is 3. The molecular weight excluding hydrogens is 469 g/mol. The summed E-state index contributed by atoms with van der Waals surface area (Å²) in [6, 6.07) is 7.08. The summed E-state index contributed by atoms with van der Waals surface area (Å²) in [5.74, 6) is -8.43. The molecule has 1 aliphatic heterocycles. The van der Waals surface area contributed by atoms with Crippen LogP contribution >= 0.6 is 0 Å². The average molecular weight is 486 g/mol. The third-order valence-electron chi connectivity index (χ3n) is 5.17. The molecule has 1 heterocycles. The van der Waals surface area contributed by atoms with Gasteiger partial charge in [-0.05, 0) is 17.7 Å². The Hall–Kier alpha value is -3.11. The minimum Gasteiger partial charge on any atom is -0.429 e. The molecule has 0 spiro atoms. The van der Waals surface area contributed by atoms with Crippen molar-refractivity contribution in [2.24, 2.45) is 5.92 Å². The molecule has 0 unspecified atom stereocenters. The zero-order valence-electron chi connectivity index (χ0n) is 17.6. The number of ether oxygens (including phenoxy) is 3. The Morgan fingerprint density at radius 2 is 1.38 bits per heavy atom. The van der Waals surface area contributed by atoms with Crippen LogP contribution in [0, 0.1) is 35.0 Å². The molecule has 0 aliphatic carbocycles. The minimum atomic E-state index is -4.06. The molecule has 180 valence electrons. The quantitative estimate of drug-likeness (QED) is 0.291. The molecule has 3 aromatic carbocycles. The molecule has 0 radical (unpaired) electrons. The lowest BCUT2D eigenvalue weighted by Crippen LogP contribution is -2.25. The lowest BCUT2D eigenvalue weighted by molar-refractivity contribution is -0.203. The maximum atomic E-state index is 14.7. The molecule has 0 atom stereocenters. The van der Waals surface area contributed by atoms with Crippen molar-refractivity contribution in [2.45, 2.75) is 19.3 Å². The van der Waals surface area contributed by atoms with E-state index in [2.05, 4.69) is 4.74 Å². The van der Waals surface area contributed by atoms with Crippen LogP contribution in [-0.2, 0) is 15.6 Å². The maximum absolute atomic E-state index is 14.7. The van der Waals surface area contributed by atoms with Crippen molar-refractivity contribution >= 4 is 0 Å². The molecule has 0 aromatic heterocycles. The Balaban J connectivity index is 1.55. The number of benzene rings is 3. The largest absolute Gasteiger partial charge is 0.429 e.